The lowest BCUT2D eigenvalue weighted by molar-refractivity contribution is 0.355. The van der Waals surface area contributed by atoms with Crippen molar-refractivity contribution in [1.29, 1.82) is 0 Å². The van der Waals surface area contributed by atoms with Gasteiger partial charge in [0.25, 0.3) is 0 Å². The van der Waals surface area contributed by atoms with E-state index in [0.29, 0.717) is 11.5 Å². The number of thioether (sulfide) groups is 1. The molecule has 0 aliphatic carbocycles. The molecule has 4 rings (SSSR count). The number of hydrogen-bond acceptors (Lipinski definition) is 6. The Morgan fingerprint density at radius 3 is 2.41 bits per heavy atom. The van der Waals surface area contributed by atoms with E-state index in [0.717, 1.165) is 33.6 Å². The molecule has 2 heterocycles. The summed E-state index contributed by atoms with van der Waals surface area (Å²) in [5, 5.41) is 0. The molecule has 0 saturated heterocycles. The van der Waals surface area contributed by atoms with Gasteiger partial charge in [0.05, 0.1) is 14.2 Å². The first-order valence-electron chi connectivity index (χ1n) is 8.93. The van der Waals surface area contributed by atoms with Crippen molar-refractivity contribution in [2.45, 2.75) is 4.90 Å². The van der Waals surface area contributed by atoms with Crippen LogP contribution in [0, 0.1) is 0 Å². The summed E-state index contributed by atoms with van der Waals surface area (Å²) in [5.41, 5.74) is 4.66. The maximum absolute atomic E-state index is 6.22. The van der Waals surface area contributed by atoms with Crippen molar-refractivity contribution in [2.24, 2.45) is 0 Å². The SMILES string of the molecule is COc1ccc(-c2cc3nccc(-c4cccc(SC)c4)c3o2)cc1OC.CS. The molecule has 150 valence electrons. The molecule has 0 aliphatic rings. The molecule has 0 fully saturated rings. The number of pyridine rings is 1. The summed E-state index contributed by atoms with van der Waals surface area (Å²) in [6.07, 6.45) is 5.58. The highest BCUT2D eigenvalue weighted by Gasteiger charge is 2.14. The third kappa shape index (κ3) is 4.38. The Morgan fingerprint density at radius 1 is 0.897 bits per heavy atom. The Labute approximate surface area is 180 Å². The molecule has 29 heavy (non-hydrogen) atoms. The molecule has 0 radical (unpaired) electrons. The molecule has 4 aromatic rings. The first-order chi connectivity index (χ1) is 14.2. The van der Waals surface area contributed by atoms with E-state index in [4.69, 9.17) is 13.9 Å². The van der Waals surface area contributed by atoms with E-state index in [9.17, 15) is 0 Å². The molecular formula is C23H23NO3S2. The summed E-state index contributed by atoms with van der Waals surface area (Å²) in [5.74, 6) is 2.09. The average Bonchev–Trinajstić information content (AvgIpc) is 3.24. The second-order valence-electron chi connectivity index (χ2n) is 5.99. The van der Waals surface area contributed by atoms with Crippen LogP contribution >= 0.6 is 24.4 Å². The average molecular weight is 426 g/mol. The number of furan rings is 1. The van der Waals surface area contributed by atoms with Crippen molar-refractivity contribution in [3.05, 3.63) is 60.8 Å². The fraction of sp³-hybridized carbons (Fsp3) is 0.174. The van der Waals surface area contributed by atoms with Crippen LogP contribution in [0.5, 0.6) is 11.5 Å². The monoisotopic (exact) mass is 425 g/mol. The molecule has 0 spiro atoms. The van der Waals surface area contributed by atoms with Gasteiger partial charge in [0.2, 0.25) is 0 Å². The summed E-state index contributed by atoms with van der Waals surface area (Å²) in [6, 6.07) is 18.1. The van der Waals surface area contributed by atoms with Gasteiger partial charge in [0.15, 0.2) is 17.1 Å². The minimum atomic E-state index is 0.663. The lowest BCUT2D eigenvalue weighted by Gasteiger charge is -2.08. The van der Waals surface area contributed by atoms with Crippen LogP contribution in [0.25, 0.3) is 33.6 Å². The molecular weight excluding hydrogens is 402 g/mol. The van der Waals surface area contributed by atoms with Gasteiger partial charge >= 0.3 is 0 Å². The Kier molecular flexibility index (Phi) is 7.12. The highest BCUT2D eigenvalue weighted by molar-refractivity contribution is 7.98. The minimum Gasteiger partial charge on any atom is -0.493 e. The number of methoxy groups -OCH3 is 2. The van der Waals surface area contributed by atoms with Crippen molar-refractivity contribution in [3.63, 3.8) is 0 Å². The van der Waals surface area contributed by atoms with Gasteiger partial charge in [-0.25, -0.2) is 0 Å². The third-order valence-corrected chi connectivity index (χ3v) is 5.19. The molecule has 0 atom stereocenters. The van der Waals surface area contributed by atoms with Crippen molar-refractivity contribution < 1.29 is 13.9 Å². The lowest BCUT2D eigenvalue weighted by atomic mass is 10.1. The Bertz CT molecular complexity index is 1110. The van der Waals surface area contributed by atoms with Crippen LogP contribution in [0.15, 0.2) is 70.1 Å². The third-order valence-electron chi connectivity index (χ3n) is 4.46. The Morgan fingerprint density at radius 2 is 1.69 bits per heavy atom. The van der Waals surface area contributed by atoms with Crippen LogP contribution in [-0.4, -0.2) is 31.7 Å². The zero-order valence-corrected chi connectivity index (χ0v) is 18.5. The van der Waals surface area contributed by atoms with E-state index >= 15 is 0 Å². The van der Waals surface area contributed by atoms with Gasteiger partial charge < -0.3 is 13.9 Å². The fourth-order valence-corrected chi connectivity index (χ4v) is 3.55. The van der Waals surface area contributed by atoms with Crippen molar-refractivity contribution in [2.75, 3.05) is 26.7 Å². The molecule has 0 saturated carbocycles. The molecule has 0 N–H and O–H groups in total. The van der Waals surface area contributed by atoms with Crippen LogP contribution in [-0.2, 0) is 0 Å². The molecule has 4 nitrogen and oxygen atoms in total. The zero-order chi connectivity index (χ0) is 20.8. The predicted molar refractivity (Wildman–Crippen MR) is 125 cm³/mol. The smallest absolute Gasteiger partial charge is 0.161 e. The number of aromatic nitrogens is 1. The number of ether oxygens (including phenoxy) is 2. The standard InChI is InChI=1S/C22H19NO3S.CH4S/c1-24-19-8-7-15(12-21(19)25-2)20-13-18-22(26-20)17(9-10-23-18)14-5-4-6-16(11-14)27-3;1-2/h4-13H,1-3H3;2H,1H3. The van der Waals surface area contributed by atoms with E-state index in [1.165, 1.54) is 4.90 Å². The quantitative estimate of drug-likeness (QED) is 0.294. The van der Waals surface area contributed by atoms with Gasteiger partial charge in [0, 0.05) is 28.3 Å². The molecule has 0 bridgehead atoms. The molecule has 0 amide bonds. The van der Waals surface area contributed by atoms with Gasteiger partial charge in [0.1, 0.15) is 11.3 Å². The second kappa shape index (κ2) is 9.76. The summed E-state index contributed by atoms with van der Waals surface area (Å²) >= 11 is 5.25. The van der Waals surface area contributed by atoms with Gasteiger partial charge in [-0.15, -0.1) is 11.8 Å². The van der Waals surface area contributed by atoms with Gasteiger partial charge in [-0.1, -0.05) is 12.1 Å². The van der Waals surface area contributed by atoms with Crippen molar-refractivity contribution in [3.8, 4) is 33.9 Å². The summed E-state index contributed by atoms with van der Waals surface area (Å²) in [7, 11) is 3.25. The Balaban J connectivity index is 0.00000117. The maximum atomic E-state index is 6.22. The largest absolute Gasteiger partial charge is 0.493 e. The van der Waals surface area contributed by atoms with Crippen LogP contribution in [0.3, 0.4) is 0 Å². The number of nitrogens with zero attached hydrogens (tertiary/aromatic N) is 1. The van der Waals surface area contributed by atoms with Gasteiger partial charge in [-0.2, -0.15) is 12.6 Å². The number of rotatable bonds is 5. The number of benzene rings is 2. The second-order valence-corrected chi connectivity index (χ2v) is 6.86. The molecule has 2 aromatic heterocycles. The number of fused-ring (bicyclic) bond motifs is 1. The van der Waals surface area contributed by atoms with E-state index in [1.54, 1.807) is 32.2 Å². The van der Waals surface area contributed by atoms with E-state index < -0.39 is 0 Å². The van der Waals surface area contributed by atoms with Crippen LogP contribution in [0.2, 0.25) is 0 Å². The van der Waals surface area contributed by atoms with Gasteiger partial charge in [-0.05, 0) is 54.5 Å². The number of hydrogen-bond donors (Lipinski definition) is 1. The topological polar surface area (TPSA) is 44.5 Å². The van der Waals surface area contributed by atoms with Gasteiger partial charge in [-0.3, -0.25) is 4.98 Å². The minimum absolute atomic E-state index is 0.663. The summed E-state index contributed by atoms with van der Waals surface area (Å²) in [4.78, 5) is 5.69. The van der Waals surface area contributed by atoms with E-state index in [-0.39, 0.29) is 0 Å². The highest BCUT2D eigenvalue weighted by atomic mass is 32.2. The first-order valence-corrected chi connectivity index (χ1v) is 11.1. The predicted octanol–water partition coefficient (Wildman–Crippen LogP) is 6.45. The zero-order valence-electron chi connectivity index (χ0n) is 16.8. The maximum Gasteiger partial charge on any atom is 0.161 e. The van der Waals surface area contributed by atoms with E-state index in [2.05, 4.69) is 48.1 Å². The molecule has 0 unspecified atom stereocenters. The van der Waals surface area contributed by atoms with Crippen LogP contribution in [0.4, 0.5) is 0 Å². The lowest BCUT2D eigenvalue weighted by Crippen LogP contribution is -1.90. The Hall–Kier alpha value is -2.57. The van der Waals surface area contributed by atoms with Crippen LogP contribution < -0.4 is 9.47 Å². The summed E-state index contributed by atoms with van der Waals surface area (Å²) < 4.78 is 16.9. The van der Waals surface area contributed by atoms with Crippen molar-refractivity contribution in [1.82, 2.24) is 4.98 Å². The number of thiol groups is 1. The van der Waals surface area contributed by atoms with Crippen LogP contribution in [0.1, 0.15) is 0 Å². The fourth-order valence-electron chi connectivity index (χ4n) is 3.09. The normalized spacial score (nSPS) is 10.4. The highest BCUT2D eigenvalue weighted by Crippen LogP contribution is 2.37. The molecule has 2 aromatic carbocycles. The van der Waals surface area contributed by atoms with E-state index in [1.807, 2.05) is 36.5 Å². The molecule has 0 aliphatic heterocycles. The molecule has 6 heteroatoms. The van der Waals surface area contributed by atoms with Crippen molar-refractivity contribution >= 4 is 35.5 Å². The summed E-state index contributed by atoms with van der Waals surface area (Å²) in [6.45, 7) is 0. The first kappa shape index (κ1) is 21.1.